The molecule has 21 heavy (non-hydrogen) atoms. The lowest BCUT2D eigenvalue weighted by Gasteiger charge is -2.45. The van der Waals surface area contributed by atoms with Gasteiger partial charge in [0.05, 0.1) is 0 Å². The van der Waals surface area contributed by atoms with E-state index in [-0.39, 0.29) is 0 Å². The summed E-state index contributed by atoms with van der Waals surface area (Å²) in [6.45, 7) is 14.1. The fourth-order valence-corrected chi connectivity index (χ4v) is 4.37. The molecule has 2 fully saturated rings. The van der Waals surface area contributed by atoms with Crippen molar-refractivity contribution in [2.24, 2.45) is 23.0 Å². The zero-order chi connectivity index (χ0) is 15.7. The first-order valence-corrected chi connectivity index (χ1v) is 9.25. The van der Waals surface area contributed by atoms with Crippen LogP contribution in [0.1, 0.15) is 79.6 Å². The molecular formula is C19H38N2. The van der Waals surface area contributed by atoms with Gasteiger partial charge in [-0.15, -0.1) is 0 Å². The Hall–Kier alpha value is -0.0800. The molecule has 0 saturated heterocycles. The maximum absolute atomic E-state index is 6.36. The van der Waals surface area contributed by atoms with Crippen LogP contribution in [0.5, 0.6) is 0 Å². The van der Waals surface area contributed by atoms with E-state index in [0.29, 0.717) is 11.0 Å². The average molecular weight is 295 g/mol. The third-order valence-electron chi connectivity index (χ3n) is 5.92. The van der Waals surface area contributed by atoms with E-state index in [0.717, 1.165) is 24.4 Å². The lowest BCUT2D eigenvalue weighted by molar-refractivity contribution is 0.0546. The number of nitrogens with zero attached hydrogens (tertiary/aromatic N) is 1. The molecule has 0 aliphatic heterocycles. The molecule has 2 rings (SSSR count). The molecule has 0 heterocycles. The minimum atomic E-state index is 0.297. The number of hydrogen-bond acceptors (Lipinski definition) is 2. The van der Waals surface area contributed by atoms with Gasteiger partial charge in [0.25, 0.3) is 0 Å². The first kappa shape index (κ1) is 17.3. The van der Waals surface area contributed by atoms with E-state index >= 15 is 0 Å². The van der Waals surface area contributed by atoms with E-state index in [1.165, 1.54) is 51.5 Å². The molecule has 0 bridgehead atoms. The van der Waals surface area contributed by atoms with E-state index in [2.05, 4.69) is 39.5 Å². The molecular weight excluding hydrogens is 256 g/mol. The van der Waals surface area contributed by atoms with Crippen LogP contribution in [0.25, 0.3) is 0 Å². The number of rotatable bonds is 5. The van der Waals surface area contributed by atoms with Gasteiger partial charge in [-0.25, -0.2) is 0 Å². The summed E-state index contributed by atoms with van der Waals surface area (Å²) in [5.74, 6) is 1.61. The summed E-state index contributed by atoms with van der Waals surface area (Å²) in [7, 11) is 0. The van der Waals surface area contributed by atoms with Gasteiger partial charge in [-0.2, -0.15) is 0 Å². The second-order valence-electron chi connectivity index (χ2n) is 9.20. The summed E-state index contributed by atoms with van der Waals surface area (Å²) in [5.41, 5.74) is 7.11. The molecule has 2 N–H and O–H groups in total. The van der Waals surface area contributed by atoms with E-state index in [1.807, 2.05) is 0 Å². The Morgan fingerprint density at radius 2 is 1.76 bits per heavy atom. The first-order valence-electron chi connectivity index (χ1n) is 9.25. The van der Waals surface area contributed by atoms with Crippen LogP contribution in [0.4, 0.5) is 0 Å². The van der Waals surface area contributed by atoms with Crippen molar-refractivity contribution in [3.8, 4) is 0 Å². The van der Waals surface area contributed by atoms with E-state index in [1.54, 1.807) is 0 Å². The van der Waals surface area contributed by atoms with Crippen molar-refractivity contribution >= 4 is 0 Å². The van der Waals surface area contributed by atoms with Gasteiger partial charge in [0.15, 0.2) is 0 Å². The highest BCUT2D eigenvalue weighted by molar-refractivity contribution is 5.01. The van der Waals surface area contributed by atoms with Gasteiger partial charge in [-0.3, -0.25) is 4.90 Å². The lowest BCUT2D eigenvalue weighted by Crippen LogP contribution is -2.55. The molecule has 0 aromatic heterocycles. The largest absolute Gasteiger partial charge is 0.329 e. The van der Waals surface area contributed by atoms with Crippen molar-refractivity contribution < 1.29 is 0 Å². The first-order chi connectivity index (χ1) is 9.78. The van der Waals surface area contributed by atoms with Crippen LogP contribution in [-0.2, 0) is 0 Å². The second kappa shape index (κ2) is 6.58. The van der Waals surface area contributed by atoms with Gasteiger partial charge < -0.3 is 5.73 Å². The van der Waals surface area contributed by atoms with Gasteiger partial charge in [0, 0.05) is 24.7 Å². The van der Waals surface area contributed by atoms with Crippen LogP contribution in [0, 0.1) is 17.3 Å². The van der Waals surface area contributed by atoms with Crippen molar-refractivity contribution in [1.29, 1.82) is 0 Å². The van der Waals surface area contributed by atoms with Crippen molar-refractivity contribution in [2.45, 2.75) is 91.1 Å². The van der Waals surface area contributed by atoms with Crippen molar-refractivity contribution in [3.05, 3.63) is 0 Å². The van der Waals surface area contributed by atoms with E-state index < -0.39 is 0 Å². The highest BCUT2D eigenvalue weighted by Gasteiger charge is 2.45. The second-order valence-corrected chi connectivity index (χ2v) is 9.20. The Kier molecular flexibility index (Phi) is 5.41. The van der Waals surface area contributed by atoms with Gasteiger partial charge >= 0.3 is 0 Å². The predicted octanol–water partition coefficient (Wildman–Crippen LogP) is 4.43. The minimum absolute atomic E-state index is 0.297. The maximum Gasteiger partial charge on any atom is 0.0334 e. The molecule has 0 aromatic rings. The SMILES string of the molecule is CC(C)CN(C1CC1)C1(CN)CCCC(C(C)(C)C)CC1. The molecule has 0 radical (unpaired) electrons. The van der Waals surface area contributed by atoms with E-state index in [4.69, 9.17) is 5.73 Å². The molecule has 124 valence electrons. The standard InChI is InChI=1S/C19H38N2/c1-15(2)13-21(17-8-9-17)19(14-20)11-6-7-16(10-12-19)18(3,4)5/h15-17H,6-14,20H2,1-5H3. The van der Waals surface area contributed by atoms with Gasteiger partial charge in [-0.1, -0.05) is 41.0 Å². The summed E-state index contributed by atoms with van der Waals surface area (Å²) >= 11 is 0. The Balaban J connectivity index is 2.12. The summed E-state index contributed by atoms with van der Waals surface area (Å²) in [6.07, 6.45) is 9.55. The minimum Gasteiger partial charge on any atom is -0.329 e. The predicted molar refractivity (Wildman–Crippen MR) is 92.4 cm³/mol. The maximum atomic E-state index is 6.36. The Labute approximate surface area is 132 Å². The molecule has 0 aromatic carbocycles. The Morgan fingerprint density at radius 3 is 2.24 bits per heavy atom. The molecule has 2 heteroatoms. The number of nitrogens with two attached hydrogens (primary N) is 1. The summed E-state index contributed by atoms with van der Waals surface area (Å²) in [6, 6.07) is 0.835. The Morgan fingerprint density at radius 1 is 1.10 bits per heavy atom. The van der Waals surface area contributed by atoms with Crippen LogP contribution in [0.3, 0.4) is 0 Å². The summed E-state index contributed by atoms with van der Waals surface area (Å²) in [5, 5.41) is 0. The number of hydrogen-bond donors (Lipinski definition) is 1. The fourth-order valence-electron chi connectivity index (χ4n) is 4.37. The smallest absolute Gasteiger partial charge is 0.0334 e. The molecule has 2 unspecified atom stereocenters. The van der Waals surface area contributed by atoms with E-state index in [9.17, 15) is 0 Å². The average Bonchev–Trinajstić information content (AvgIpc) is 3.21. The zero-order valence-electron chi connectivity index (χ0n) is 15.1. The normalized spacial score (nSPS) is 31.7. The van der Waals surface area contributed by atoms with Crippen molar-refractivity contribution in [2.75, 3.05) is 13.1 Å². The molecule has 2 nitrogen and oxygen atoms in total. The topological polar surface area (TPSA) is 29.3 Å². The highest BCUT2D eigenvalue weighted by Crippen LogP contribution is 2.44. The molecule has 2 saturated carbocycles. The van der Waals surface area contributed by atoms with Crippen molar-refractivity contribution in [3.63, 3.8) is 0 Å². The van der Waals surface area contributed by atoms with Crippen molar-refractivity contribution in [1.82, 2.24) is 4.90 Å². The third-order valence-corrected chi connectivity index (χ3v) is 5.92. The summed E-state index contributed by atoms with van der Waals surface area (Å²) < 4.78 is 0. The molecule has 0 spiro atoms. The van der Waals surface area contributed by atoms with Gasteiger partial charge in [0.2, 0.25) is 0 Å². The van der Waals surface area contributed by atoms with Crippen LogP contribution < -0.4 is 5.73 Å². The Bertz CT molecular complexity index is 327. The highest BCUT2D eigenvalue weighted by atomic mass is 15.3. The lowest BCUT2D eigenvalue weighted by atomic mass is 9.76. The zero-order valence-corrected chi connectivity index (χ0v) is 15.1. The van der Waals surface area contributed by atoms with Crippen LogP contribution >= 0.6 is 0 Å². The molecule has 2 aliphatic carbocycles. The van der Waals surface area contributed by atoms with Crippen LogP contribution in [0.15, 0.2) is 0 Å². The van der Waals surface area contributed by atoms with Gasteiger partial charge in [-0.05, 0) is 55.8 Å². The van der Waals surface area contributed by atoms with Crippen LogP contribution in [-0.4, -0.2) is 29.6 Å². The van der Waals surface area contributed by atoms with Crippen LogP contribution in [0.2, 0.25) is 0 Å². The van der Waals surface area contributed by atoms with Gasteiger partial charge in [0.1, 0.15) is 0 Å². The molecule has 0 amide bonds. The molecule has 2 atom stereocenters. The summed E-state index contributed by atoms with van der Waals surface area (Å²) in [4.78, 5) is 2.84. The molecule has 2 aliphatic rings. The third kappa shape index (κ3) is 4.22. The quantitative estimate of drug-likeness (QED) is 0.760. The monoisotopic (exact) mass is 294 g/mol. The fraction of sp³-hybridized carbons (Fsp3) is 1.00.